The molecule has 2 bridgehead atoms. The highest BCUT2D eigenvalue weighted by Gasteiger charge is 2.71. The Morgan fingerprint density at radius 1 is 1.00 bits per heavy atom. The van der Waals surface area contributed by atoms with E-state index in [1.165, 1.54) is 0 Å². The van der Waals surface area contributed by atoms with Gasteiger partial charge in [-0.05, 0) is 37.0 Å². The average Bonchev–Trinajstić information content (AvgIpc) is 2.83. The van der Waals surface area contributed by atoms with Crippen LogP contribution < -0.4 is 0 Å². The fourth-order valence-corrected chi connectivity index (χ4v) is 3.12. The zero-order valence-electron chi connectivity index (χ0n) is 9.76. The number of rotatable bonds is 3. The minimum absolute atomic E-state index is 0.0563. The van der Waals surface area contributed by atoms with E-state index in [2.05, 4.69) is 0 Å². The predicted molar refractivity (Wildman–Crippen MR) is 54.1 cm³/mol. The maximum absolute atomic E-state index is 12.8. The molecule has 1 saturated carbocycles. The molecule has 0 amide bonds. The van der Waals surface area contributed by atoms with E-state index in [1.54, 1.807) is 6.08 Å². The fraction of sp³-hybridized carbons (Fsp3) is 0.750. The number of aldehydes is 1. The lowest BCUT2D eigenvalue weighted by molar-refractivity contribution is -0.325. The molecule has 0 heterocycles. The lowest BCUT2D eigenvalue weighted by atomic mass is 9.75. The molecule has 2 rings (SSSR count). The van der Waals surface area contributed by atoms with Gasteiger partial charge in [-0.1, -0.05) is 12.2 Å². The van der Waals surface area contributed by atoms with Crippen molar-refractivity contribution in [2.45, 2.75) is 31.6 Å². The first kappa shape index (κ1) is 14.4. The van der Waals surface area contributed by atoms with Crippen molar-refractivity contribution < 1.29 is 31.1 Å². The summed E-state index contributed by atoms with van der Waals surface area (Å²) in [7, 11) is 0. The monoisotopic (exact) mass is 286 g/mol. The van der Waals surface area contributed by atoms with Crippen molar-refractivity contribution in [3.05, 3.63) is 12.2 Å². The molecular weight excluding hydrogens is 274 g/mol. The van der Waals surface area contributed by atoms with Crippen LogP contribution in [0.25, 0.3) is 0 Å². The standard InChI is InChI=1S/C12H12F6O/c13-11(14,15)10(6-19,12(16,17)18)5-9-4-7-1-2-8(9)3-7/h1-2,6-9H,3-5H2. The van der Waals surface area contributed by atoms with Gasteiger partial charge in [0.15, 0.2) is 0 Å². The van der Waals surface area contributed by atoms with Crippen LogP contribution in [0.15, 0.2) is 12.2 Å². The van der Waals surface area contributed by atoms with Gasteiger partial charge in [0.05, 0.1) is 0 Å². The first-order valence-electron chi connectivity index (χ1n) is 5.89. The largest absolute Gasteiger partial charge is 0.409 e. The van der Waals surface area contributed by atoms with Crippen LogP contribution in [0, 0.1) is 23.2 Å². The number of halogens is 6. The van der Waals surface area contributed by atoms with E-state index in [0.717, 1.165) is 0 Å². The highest BCUT2D eigenvalue weighted by atomic mass is 19.4. The van der Waals surface area contributed by atoms with Gasteiger partial charge in [0, 0.05) is 0 Å². The molecule has 0 radical (unpaired) electrons. The Balaban J connectivity index is 2.29. The van der Waals surface area contributed by atoms with E-state index in [0.29, 0.717) is 12.8 Å². The van der Waals surface area contributed by atoms with Crippen LogP contribution >= 0.6 is 0 Å². The summed E-state index contributed by atoms with van der Waals surface area (Å²) in [6.07, 6.45) is -9.01. The number of hydrogen-bond acceptors (Lipinski definition) is 1. The van der Waals surface area contributed by atoms with Gasteiger partial charge < -0.3 is 4.79 Å². The molecule has 19 heavy (non-hydrogen) atoms. The van der Waals surface area contributed by atoms with Crippen LogP contribution in [-0.2, 0) is 4.79 Å². The third kappa shape index (κ3) is 2.17. The molecule has 1 fully saturated rings. The van der Waals surface area contributed by atoms with Crippen LogP contribution in [-0.4, -0.2) is 18.6 Å². The smallest absolute Gasteiger partial charge is 0.302 e. The maximum atomic E-state index is 12.8. The van der Waals surface area contributed by atoms with Crippen molar-refractivity contribution >= 4 is 6.29 Å². The number of fused-ring (bicyclic) bond motifs is 2. The van der Waals surface area contributed by atoms with Gasteiger partial charge >= 0.3 is 12.4 Å². The van der Waals surface area contributed by atoms with Crippen LogP contribution in [0.1, 0.15) is 19.3 Å². The van der Waals surface area contributed by atoms with Crippen molar-refractivity contribution in [1.29, 1.82) is 0 Å². The summed E-state index contributed by atoms with van der Waals surface area (Å²) in [5.41, 5.74) is -4.23. The van der Waals surface area contributed by atoms with Crippen molar-refractivity contribution in [3.8, 4) is 0 Å². The second kappa shape index (κ2) is 4.24. The second-order valence-corrected chi connectivity index (χ2v) is 5.33. The molecule has 2 aliphatic rings. The number of allylic oxidation sites excluding steroid dienone is 2. The average molecular weight is 286 g/mol. The van der Waals surface area contributed by atoms with Gasteiger partial charge in [0.2, 0.25) is 5.41 Å². The fourth-order valence-electron chi connectivity index (χ4n) is 3.12. The molecule has 2 aliphatic carbocycles. The van der Waals surface area contributed by atoms with E-state index in [1.807, 2.05) is 6.08 Å². The van der Waals surface area contributed by atoms with Crippen LogP contribution in [0.4, 0.5) is 26.3 Å². The Hall–Kier alpha value is -1.01. The Bertz CT molecular complexity index is 380. The second-order valence-electron chi connectivity index (χ2n) is 5.33. The molecule has 0 aromatic heterocycles. The third-order valence-electron chi connectivity index (χ3n) is 4.21. The van der Waals surface area contributed by atoms with Gasteiger partial charge in [-0.15, -0.1) is 0 Å². The molecule has 0 aromatic carbocycles. The highest BCUT2D eigenvalue weighted by Crippen LogP contribution is 2.56. The van der Waals surface area contributed by atoms with E-state index in [4.69, 9.17) is 0 Å². The zero-order chi connectivity index (χ0) is 14.5. The molecule has 0 spiro atoms. The molecule has 0 aromatic rings. The summed E-state index contributed by atoms with van der Waals surface area (Å²) in [5, 5.41) is 0. The summed E-state index contributed by atoms with van der Waals surface area (Å²) in [5.74, 6) is -0.946. The SMILES string of the molecule is O=CC(CC1CC2C=CC1C2)(C(F)(F)F)C(F)(F)F. The van der Waals surface area contributed by atoms with Gasteiger partial charge in [-0.3, -0.25) is 0 Å². The predicted octanol–water partition coefficient (Wildman–Crippen LogP) is 3.90. The van der Waals surface area contributed by atoms with Gasteiger partial charge in [-0.25, -0.2) is 0 Å². The van der Waals surface area contributed by atoms with Crippen LogP contribution in [0.3, 0.4) is 0 Å². The van der Waals surface area contributed by atoms with Gasteiger partial charge in [0.1, 0.15) is 6.29 Å². The first-order valence-corrected chi connectivity index (χ1v) is 5.89. The van der Waals surface area contributed by atoms with Crippen molar-refractivity contribution in [2.75, 3.05) is 0 Å². The van der Waals surface area contributed by atoms with Crippen molar-refractivity contribution in [2.24, 2.45) is 23.2 Å². The molecule has 3 atom stereocenters. The maximum Gasteiger partial charge on any atom is 0.409 e. The summed E-state index contributed by atoms with van der Waals surface area (Å²) in [6.45, 7) is 0. The lowest BCUT2D eigenvalue weighted by Crippen LogP contribution is -2.52. The molecule has 7 heteroatoms. The number of alkyl halides is 6. The summed E-state index contributed by atoms with van der Waals surface area (Å²) < 4.78 is 76.8. The molecule has 1 nitrogen and oxygen atoms in total. The molecule has 0 saturated heterocycles. The summed E-state index contributed by atoms with van der Waals surface area (Å²) in [6, 6.07) is 0. The zero-order valence-corrected chi connectivity index (χ0v) is 9.76. The van der Waals surface area contributed by atoms with E-state index in [-0.39, 0.29) is 11.8 Å². The van der Waals surface area contributed by atoms with Gasteiger partial charge in [0.25, 0.3) is 0 Å². The number of carbonyl (C=O) groups is 1. The molecule has 108 valence electrons. The molecular formula is C12H12F6O. The van der Waals surface area contributed by atoms with Crippen LogP contribution in [0.5, 0.6) is 0 Å². The summed E-state index contributed by atoms with van der Waals surface area (Å²) in [4.78, 5) is 10.7. The molecule has 0 aliphatic heterocycles. The third-order valence-corrected chi connectivity index (χ3v) is 4.21. The van der Waals surface area contributed by atoms with E-state index >= 15 is 0 Å². The van der Waals surface area contributed by atoms with Crippen LogP contribution in [0.2, 0.25) is 0 Å². The van der Waals surface area contributed by atoms with Crippen molar-refractivity contribution in [1.82, 2.24) is 0 Å². The van der Waals surface area contributed by atoms with E-state index in [9.17, 15) is 31.1 Å². The number of hydrogen-bond donors (Lipinski definition) is 0. The normalized spacial score (nSPS) is 30.9. The Morgan fingerprint density at radius 3 is 1.89 bits per heavy atom. The quantitative estimate of drug-likeness (QED) is 0.437. The minimum Gasteiger partial charge on any atom is -0.302 e. The van der Waals surface area contributed by atoms with Crippen molar-refractivity contribution in [3.63, 3.8) is 0 Å². The highest BCUT2D eigenvalue weighted by molar-refractivity contribution is 5.62. The number of carbonyl (C=O) groups excluding carboxylic acids is 1. The first-order chi connectivity index (χ1) is 8.61. The molecule has 0 N–H and O–H groups in total. The van der Waals surface area contributed by atoms with E-state index < -0.39 is 36.4 Å². The summed E-state index contributed by atoms with van der Waals surface area (Å²) >= 11 is 0. The van der Waals surface area contributed by atoms with Gasteiger partial charge in [-0.2, -0.15) is 26.3 Å². The topological polar surface area (TPSA) is 17.1 Å². The molecule has 3 unspecified atom stereocenters. The Morgan fingerprint density at radius 2 is 1.58 bits per heavy atom. The lowest BCUT2D eigenvalue weighted by Gasteiger charge is -2.35. The minimum atomic E-state index is -5.61. The Labute approximate surface area is 105 Å². The Kier molecular flexibility index (Phi) is 3.22.